The third-order valence-corrected chi connectivity index (χ3v) is 9.98. The Kier molecular flexibility index (Phi) is 6.80. The maximum Gasteiger partial charge on any atom is 0.164 e. The molecule has 0 N–H and O–H groups in total. The highest BCUT2D eigenvalue weighted by Crippen LogP contribution is 2.49. The topological polar surface area (TPSA) is 38.7 Å². The largest absolute Gasteiger partial charge is 0.208 e. The lowest BCUT2D eigenvalue weighted by Gasteiger charge is -2.21. The van der Waals surface area contributed by atoms with Crippen molar-refractivity contribution in [2.45, 2.75) is 19.3 Å². The van der Waals surface area contributed by atoms with E-state index in [0.29, 0.717) is 17.5 Å². The molecule has 0 saturated carbocycles. The number of nitrogens with zero attached hydrogens (tertiary/aromatic N) is 3. The number of rotatable bonds is 5. The molecule has 0 spiro atoms. The van der Waals surface area contributed by atoms with Crippen molar-refractivity contribution >= 4 is 10.8 Å². The monoisotopic (exact) mass is 627 g/mol. The molecule has 0 aliphatic heterocycles. The van der Waals surface area contributed by atoms with Crippen molar-refractivity contribution in [1.29, 1.82) is 0 Å². The number of hydrogen-bond donors (Lipinski definition) is 0. The lowest BCUT2D eigenvalue weighted by atomic mass is 9.82. The van der Waals surface area contributed by atoms with Gasteiger partial charge in [0.1, 0.15) is 0 Å². The summed E-state index contributed by atoms with van der Waals surface area (Å²) in [5, 5.41) is 2.27. The smallest absolute Gasteiger partial charge is 0.164 e. The molecule has 7 aromatic carbocycles. The molecule has 1 aliphatic carbocycles. The second-order valence-corrected chi connectivity index (χ2v) is 13.3. The van der Waals surface area contributed by atoms with E-state index in [1.54, 1.807) is 0 Å². The van der Waals surface area contributed by atoms with Crippen LogP contribution in [-0.4, -0.2) is 15.0 Å². The average Bonchev–Trinajstić information content (AvgIpc) is 3.40. The Labute approximate surface area is 286 Å². The fourth-order valence-corrected chi connectivity index (χ4v) is 7.40. The number of benzene rings is 7. The SMILES string of the molecule is CC1(C)c2ccccc2-c2ccc(-c3nc(-c4ccc(-c5ccccc5)cc4)nc(-c4ccc(-c5ccccc5)c5ccccc45)n3)cc21. The standard InChI is InChI=1S/C46H33N3/c1-46(2)41-20-12-11-19-38(41)39-26-25-34(29-42(39)46)44-47-43(33-23-21-31(22-24-33)30-13-5-3-6-14-30)48-45(49-44)40-28-27-35(32-15-7-4-8-16-32)36-17-9-10-18-37(36)40/h3-29H,1-2H3. The molecule has 0 saturated heterocycles. The van der Waals surface area contributed by atoms with Gasteiger partial charge in [-0.1, -0.05) is 166 Å². The molecule has 232 valence electrons. The molecule has 0 radical (unpaired) electrons. The molecule has 3 nitrogen and oxygen atoms in total. The summed E-state index contributed by atoms with van der Waals surface area (Å²) in [6.45, 7) is 4.61. The van der Waals surface area contributed by atoms with Crippen molar-refractivity contribution < 1.29 is 0 Å². The second kappa shape index (κ2) is 11.5. The zero-order valence-electron chi connectivity index (χ0n) is 27.4. The molecule has 0 fully saturated rings. The molecule has 8 aromatic rings. The van der Waals surface area contributed by atoms with E-state index in [2.05, 4.69) is 172 Å². The van der Waals surface area contributed by atoms with Gasteiger partial charge in [0.05, 0.1) is 0 Å². The van der Waals surface area contributed by atoms with E-state index in [9.17, 15) is 0 Å². The van der Waals surface area contributed by atoms with Crippen molar-refractivity contribution in [2.24, 2.45) is 0 Å². The van der Waals surface area contributed by atoms with Crippen LogP contribution in [0.15, 0.2) is 164 Å². The molecule has 3 heteroatoms. The lowest BCUT2D eigenvalue weighted by molar-refractivity contribution is 0.660. The zero-order valence-corrected chi connectivity index (χ0v) is 27.4. The summed E-state index contributed by atoms with van der Waals surface area (Å²) in [6.07, 6.45) is 0. The fourth-order valence-electron chi connectivity index (χ4n) is 7.40. The molecule has 1 aromatic heterocycles. The Morgan fingerprint density at radius 1 is 0.327 bits per heavy atom. The van der Waals surface area contributed by atoms with E-state index in [0.717, 1.165) is 27.6 Å². The molecular formula is C46H33N3. The molecule has 0 amide bonds. The molecule has 1 aliphatic rings. The van der Waals surface area contributed by atoms with Gasteiger partial charge in [0.15, 0.2) is 17.5 Å². The molecule has 0 unspecified atom stereocenters. The molecule has 49 heavy (non-hydrogen) atoms. The number of fused-ring (bicyclic) bond motifs is 4. The van der Waals surface area contributed by atoms with E-state index >= 15 is 0 Å². The van der Waals surface area contributed by atoms with Crippen molar-refractivity contribution in [2.75, 3.05) is 0 Å². The normalized spacial score (nSPS) is 12.9. The summed E-state index contributed by atoms with van der Waals surface area (Å²) in [4.78, 5) is 15.5. The zero-order chi connectivity index (χ0) is 33.0. The van der Waals surface area contributed by atoms with E-state index in [-0.39, 0.29) is 5.41 Å². The van der Waals surface area contributed by atoms with Crippen LogP contribution in [-0.2, 0) is 5.41 Å². The van der Waals surface area contributed by atoms with Crippen molar-refractivity contribution in [3.05, 3.63) is 175 Å². The van der Waals surface area contributed by atoms with Crippen LogP contribution in [0.3, 0.4) is 0 Å². The third kappa shape index (κ3) is 4.94. The summed E-state index contributed by atoms with van der Waals surface area (Å²) >= 11 is 0. The molecule has 1 heterocycles. The number of hydrogen-bond acceptors (Lipinski definition) is 3. The quantitative estimate of drug-likeness (QED) is 0.191. The van der Waals surface area contributed by atoms with Gasteiger partial charge in [-0.3, -0.25) is 0 Å². The van der Waals surface area contributed by atoms with Crippen LogP contribution in [0.25, 0.3) is 78.3 Å². The Hall–Kier alpha value is -6.19. The van der Waals surface area contributed by atoms with Gasteiger partial charge in [-0.25, -0.2) is 15.0 Å². The van der Waals surface area contributed by atoms with Crippen LogP contribution in [0, 0.1) is 0 Å². The van der Waals surface area contributed by atoms with E-state index in [4.69, 9.17) is 15.0 Å². The van der Waals surface area contributed by atoms with Crippen molar-refractivity contribution in [3.8, 4) is 67.5 Å². The fraction of sp³-hybridized carbons (Fsp3) is 0.0652. The minimum Gasteiger partial charge on any atom is -0.208 e. The van der Waals surface area contributed by atoms with Gasteiger partial charge in [-0.15, -0.1) is 0 Å². The summed E-state index contributed by atoms with van der Waals surface area (Å²) < 4.78 is 0. The predicted molar refractivity (Wildman–Crippen MR) is 202 cm³/mol. The van der Waals surface area contributed by atoms with E-state index in [1.807, 2.05) is 6.07 Å². The second-order valence-electron chi connectivity index (χ2n) is 13.3. The molecule has 0 atom stereocenters. The van der Waals surface area contributed by atoms with Gasteiger partial charge < -0.3 is 0 Å². The first-order valence-corrected chi connectivity index (χ1v) is 16.8. The summed E-state index contributed by atoms with van der Waals surface area (Å²) in [5.41, 5.74) is 12.7. The van der Waals surface area contributed by atoms with Gasteiger partial charge in [0, 0.05) is 22.1 Å². The van der Waals surface area contributed by atoms with Crippen LogP contribution in [0.4, 0.5) is 0 Å². The first-order chi connectivity index (χ1) is 24.0. The molecule has 0 bridgehead atoms. The lowest BCUT2D eigenvalue weighted by Crippen LogP contribution is -2.15. The van der Waals surface area contributed by atoms with Crippen LogP contribution in [0.2, 0.25) is 0 Å². The Morgan fingerprint density at radius 3 is 1.53 bits per heavy atom. The van der Waals surface area contributed by atoms with Crippen molar-refractivity contribution in [1.82, 2.24) is 15.0 Å². The highest BCUT2D eigenvalue weighted by atomic mass is 15.0. The van der Waals surface area contributed by atoms with Gasteiger partial charge in [-0.05, 0) is 67.4 Å². The Morgan fingerprint density at radius 2 is 0.796 bits per heavy atom. The van der Waals surface area contributed by atoms with Gasteiger partial charge in [-0.2, -0.15) is 0 Å². The number of aromatic nitrogens is 3. The van der Waals surface area contributed by atoms with E-state index in [1.165, 1.54) is 44.3 Å². The minimum atomic E-state index is -0.128. The predicted octanol–water partition coefficient (Wildman–Crippen LogP) is 11.7. The minimum absolute atomic E-state index is 0.128. The van der Waals surface area contributed by atoms with Crippen molar-refractivity contribution in [3.63, 3.8) is 0 Å². The third-order valence-electron chi connectivity index (χ3n) is 9.98. The first kappa shape index (κ1) is 29.0. The Balaban J connectivity index is 1.23. The first-order valence-electron chi connectivity index (χ1n) is 16.8. The van der Waals surface area contributed by atoms with Crippen LogP contribution < -0.4 is 0 Å². The molecular weight excluding hydrogens is 595 g/mol. The highest BCUT2D eigenvalue weighted by molar-refractivity contribution is 6.04. The van der Waals surface area contributed by atoms with Crippen LogP contribution >= 0.6 is 0 Å². The van der Waals surface area contributed by atoms with Gasteiger partial charge >= 0.3 is 0 Å². The average molecular weight is 628 g/mol. The van der Waals surface area contributed by atoms with Gasteiger partial charge in [0.25, 0.3) is 0 Å². The summed E-state index contributed by atoms with van der Waals surface area (Å²) in [6, 6.07) is 57.8. The van der Waals surface area contributed by atoms with Gasteiger partial charge in [0.2, 0.25) is 0 Å². The Bertz CT molecular complexity index is 2500. The van der Waals surface area contributed by atoms with E-state index < -0.39 is 0 Å². The summed E-state index contributed by atoms with van der Waals surface area (Å²) in [7, 11) is 0. The maximum atomic E-state index is 5.22. The van der Waals surface area contributed by atoms with Crippen LogP contribution in [0.5, 0.6) is 0 Å². The maximum absolute atomic E-state index is 5.22. The highest BCUT2D eigenvalue weighted by Gasteiger charge is 2.35. The summed E-state index contributed by atoms with van der Waals surface area (Å²) in [5.74, 6) is 1.97. The van der Waals surface area contributed by atoms with Crippen LogP contribution in [0.1, 0.15) is 25.0 Å². The molecule has 9 rings (SSSR count).